The number of amides is 1. The van der Waals surface area contributed by atoms with Crippen LogP contribution in [0.3, 0.4) is 0 Å². The molecule has 1 aliphatic heterocycles. The van der Waals surface area contributed by atoms with E-state index in [0.29, 0.717) is 5.02 Å². The Kier molecular flexibility index (Phi) is 7.11. The predicted molar refractivity (Wildman–Crippen MR) is 128 cm³/mol. The Bertz CT molecular complexity index is 1420. The summed E-state index contributed by atoms with van der Waals surface area (Å²) in [5.41, 5.74) is -1.98. The summed E-state index contributed by atoms with van der Waals surface area (Å²) >= 11 is 11.8. The molecule has 0 radical (unpaired) electrons. The van der Waals surface area contributed by atoms with Crippen molar-refractivity contribution in [2.24, 2.45) is 0 Å². The molecule has 3 aromatic rings. The van der Waals surface area contributed by atoms with Crippen molar-refractivity contribution in [3.63, 3.8) is 0 Å². The van der Waals surface area contributed by atoms with E-state index in [4.69, 9.17) is 27.9 Å². The van der Waals surface area contributed by atoms with Crippen LogP contribution < -0.4 is 14.4 Å². The van der Waals surface area contributed by atoms with Gasteiger partial charge in [0.1, 0.15) is 11.9 Å². The number of aliphatic hydroxyl groups excluding tert-OH is 1. The summed E-state index contributed by atoms with van der Waals surface area (Å²) in [6, 6.07) is 12.3. The van der Waals surface area contributed by atoms with Gasteiger partial charge in [0.05, 0.1) is 39.9 Å². The topological polar surface area (TPSA) is 95.9 Å². The van der Waals surface area contributed by atoms with Gasteiger partial charge < -0.3 is 15.2 Å². The molecule has 4 rings (SSSR count). The standard InChI is InChI=1S/C23H17Cl2F3N2O5S/c24-13-4-7-16(8-5-13)36(33,34)30-11-15(12-31)35-20-9-6-14(10-19(20)30)29-22(32)21-17(23(26,27)28)2-1-3-18(21)25/h1-10,15,31H,11-12H2,(H,29,32)/t15-/m1/s1. The maximum absolute atomic E-state index is 13.4. The van der Waals surface area contributed by atoms with Crippen molar-refractivity contribution in [1.82, 2.24) is 0 Å². The highest BCUT2D eigenvalue weighted by Gasteiger charge is 2.37. The molecule has 0 spiro atoms. The fourth-order valence-corrected chi connectivity index (χ4v) is 5.52. The number of ether oxygens (including phenoxy) is 1. The Morgan fingerprint density at radius 2 is 1.81 bits per heavy atom. The van der Waals surface area contributed by atoms with Crippen LogP contribution in [-0.2, 0) is 16.2 Å². The minimum absolute atomic E-state index is 0.00542. The number of benzene rings is 3. The molecule has 0 fully saturated rings. The molecule has 190 valence electrons. The number of fused-ring (bicyclic) bond motifs is 1. The Hall–Kier alpha value is -2.99. The second-order valence-electron chi connectivity index (χ2n) is 7.71. The van der Waals surface area contributed by atoms with Crippen LogP contribution in [0.2, 0.25) is 10.0 Å². The Morgan fingerprint density at radius 3 is 2.44 bits per heavy atom. The lowest BCUT2D eigenvalue weighted by atomic mass is 10.1. The number of nitrogens with one attached hydrogen (secondary N) is 1. The lowest BCUT2D eigenvalue weighted by Gasteiger charge is -2.35. The lowest BCUT2D eigenvalue weighted by Crippen LogP contribution is -2.45. The number of hydrogen-bond donors (Lipinski definition) is 2. The molecule has 1 atom stereocenters. The van der Waals surface area contributed by atoms with Crippen LogP contribution in [0, 0.1) is 0 Å². The van der Waals surface area contributed by atoms with E-state index in [1.807, 2.05) is 0 Å². The molecular formula is C23H17Cl2F3N2O5S. The first kappa shape index (κ1) is 26.1. The smallest absolute Gasteiger partial charge is 0.417 e. The summed E-state index contributed by atoms with van der Waals surface area (Å²) in [6.07, 6.45) is -5.71. The van der Waals surface area contributed by atoms with E-state index in [1.165, 1.54) is 42.5 Å². The van der Waals surface area contributed by atoms with Crippen molar-refractivity contribution >= 4 is 50.5 Å². The van der Waals surface area contributed by atoms with E-state index in [2.05, 4.69) is 5.32 Å². The number of sulfonamides is 1. The molecule has 0 bridgehead atoms. The highest BCUT2D eigenvalue weighted by molar-refractivity contribution is 7.92. The van der Waals surface area contributed by atoms with Gasteiger partial charge in [-0.1, -0.05) is 29.3 Å². The van der Waals surface area contributed by atoms with E-state index in [0.717, 1.165) is 22.5 Å². The highest BCUT2D eigenvalue weighted by Crippen LogP contribution is 2.40. The third-order valence-corrected chi connectivity index (χ3v) is 7.66. The van der Waals surface area contributed by atoms with Crippen molar-refractivity contribution in [1.29, 1.82) is 0 Å². The fraction of sp³-hybridized carbons (Fsp3) is 0.174. The number of carbonyl (C=O) groups excluding carboxylic acids is 1. The van der Waals surface area contributed by atoms with E-state index in [9.17, 15) is 31.5 Å². The predicted octanol–water partition coefficient (Wildman–Crippen LogP) is 5.21. The quantitative estimate of drug-likeness (QED) is 0.446. The van der Waals surface area contributed by atoms with E-state index in [-0.39, 0.29) is 28.6 Å². The molecule has 1 amide bonds. The minimum atomic E-state index is -4.83. The van der Waals surface area contributed by atoms with Crippen molar-refractivity contribution < 1.29 is 36.2 Å². The molecule has 13 heteroatoms. The molecule has 3 aromatic carbocycles. The number of anilines is 2. The van der Waals surface area contributed by atoms with Gasteiger partial charge in [-0.05, 0) is 54.6 Å². The van der Waals surface area contributed by atoms with Crippen molar-refractivity contribution in [3.05, 3.63) is 81.8 Å². The first-order valence-corrected chi connectivity index (χ1v) is 12.5. The van der Waals surface area contributed by atoms with E-state index >= 15 is 0 Å². The molecule has 7 nitrogen and oxygen atoms in total. The number of hydrogen-bond acceptors (Lipinski definition) is 5. The third-order valence-electron chi connectivity index (χ3n) is 5.30. The molecule has 0 aliphatic carbocycles. The number of aliphatic hydroxyl groups is 1. The van der Waals surface area contributed by atoms with Gasteiger partial charge in [-0.15, -0.1) is 0 Å². The fourth-order valence-electron chi connectivity index (χ4n) is 3.63. The molecule has 2 N–H and O–H groups in total. The largest absolute Gasteiger partial charge is 0.484 e. The van der Waals surface area contributed by atoms with Gasteiger partial charge >= 0.3 is 6.18 Å². The molecule has 1 heterocycles. The number of carbonyl (C=O) groups is 1. The van der Waals surface area contributed by atoms with Crippen LogP contribution in [0.15, 0.2) is 65.6 Å². The van der Waals surface area contributed by atoms with Gasteiger partial charge in [-0.3, -0.25) is 9.10 Å². The molecule has 36 heavy (non-hydrogen) atoms. The molecular weight excluding hydrogens is 544 g/mol. The maximum Gasteiger partial charge on any atom is 0.417 e. The van der Waals surface area contributed by atoms with Crippen molar-refractivity contribution in [2.45, 2.75) is 17.2 Å². The second kappa shape index (κ2) is 9.81. The summed E-state index contributed by atoms with van der Waals surface area (Å²) < 4.78 is 73.7. The van der Waals surface area contributed by atoms with E-state index in [1.54, 1.807) is 0 Å². The summed E-state index contributed by atoms with van der Waals surface area (Å²) in [4.78, 5) is 12.7. The van der Waals surface area contributed by atoms with Crippen LogP contribution in [-0.4, -0.2) is 38.7 Å². The molecule has 0 saturated carbocycles. The monoisotopic (exact) mass is 560 g/mol. The Morgan fingerprint density at radius 1 is 1.11 bits per heavy atom. The summed E-state index contributed by atoms with van der Waals surface area (Å²) in [7, 11) is -4.16. The Labute approximate surface area is 214 Å². The van der Waals surface area contributed by atoms with Crippen LogP contribution in [0.25, 0.3) is 0 Å². The van der Waals surface area contributed by atoms with Crippen molar-refractivity contribution in [2.75, 3.05) is 22.8 Å². The zero-order valence-corrected chi connectivity index (χ0v) is 20.4. The van der Waals surface area contributed by atoms with Gasteiger partial charge in [0, 0.05) is 10.7 Å². The Balaban J connectivity index is 1.73. The second-order valence-corrected chi connectivity index (χ2v) is 10.4. The van der Waals surface area contributed by atoms with Gasteiger partial charge in [-0.25, -0.2) is 8.42 Å². The first-order valence-electron chi connectivity index (χ1n) is 10.3. The van der Waals surface area contributed by atoms with E-state index < -0.39 is 51.0 Å². The molecule has 0 aromatic heterocycles. The number of nitrogens with zero attached hydrogens (tertiary/aromatic N) is 1. The number of alkyl halides is 3. The lowest BCUT2D eigenvalue weighted by molar-refractivity contribution is -0.137. The normalized spacial score (nSPS) is 15.7. The first-order chi connectivity index (χ1) is 16.9. The summed E-state index contributed by atoms with van der Waals surface area (Å²) in [5.74, 6) is -1.05. The van der Waals surface area contributed by atoms with Gasteiger partial charge in [0.2, 0.25) is 0 Å². The average molecular weight is 561 g/mol. The van der Waals surface area contributed by atoms with Crippen LogP contribution >= 0.6 is 23.2 Å². The number of halogens is 5. The average Bonchev–Trinajstić information content (AvgIpc) is 2.82. The zero-order valence-electron chi connectivity index (χ0n) is 18.1. The van der Waals surface area contributed by atoms with Gasteiger partial charge in [-0.2, -0.15) is 13.2 Å². The summed E-state index contributed by atoms with van der Waals surface area (Å²) in [6.45, 7) is -0.730. The molecule has 0 unspecified atom stereocenters. The highest BCUT2D eigenvalue weighted by atomic mass is 35.5. The maximum atomic E-state index is 13.4. The van der Waals surface area contributed by atoms with Gasteiger partial charge in [0.25, 0.3) is 15.9 Å². The van der Waals surface area contributed by atoms with Crippen LogP contribution in [0.1, 0.15) is 15.9 Å². The minimum Gasteiger partial charge on any atom is -0.484 e. The number of rotatable bonds is 5. The zero-order chi connectivity index (χ0) is 26.3. The van der Waals surface area contributed by atoms with Crippen LogP contribution in [0.5, 0.6) is 5.75 Å². The SMILES string of the molecule is O=C(Nc1ccc2c(c1)N(S(=O)(=O)c1ccc(Cl)cc1)C[C@H](CO)O2)c1c(Cl)cccc1C(F)(F)F. The molecule has 1 aliphatic rings. The molecule has 0 saturated heterocycles. The van der Waals surface area contributed by atoms with Crippen molar-refractivity contribution in [3.8, 4) is 5.75 Å². The third kappa shape index (κ3) is 5.10. The van der Waals surface area contributed by atoms with Crippen LogP contribution in [0.4, 0.5) is 24.5 Å². The summed E-state index contributed by atoms with van der Waals surface area (Å²) in [5, 5.41) is 11.9. The van der Waals surface area contributed by atoms with Gasteiger partial charge in [0.15, 0.2) is 0 Å².